The minimum atomic E-state index is -0.818. The van der Waals surface area contributed by atoms with Crippen LogP contribution in [0, 0.1) is 15.9 Å². The Balaban J connectivity index is 2.66. The maximum absolute atomic E-state index is 13.2. The first kappa shape index (κ1) is 12.8. The van der Waals surface area contributed by atoms with E-state index in [1.807, 2.05) is 0 Å². The molecule has 0 atom stereocenters. The number of nitro benzene ring substituents is 1. The summed E-state index contributed by atoms with van der Waals surface area (Å²) >= 11 is 3.17. The number of hydrogen-bond acceptors (Lipinski definition) is 3. The van der Waals surface area contributed by atoms with Crippen LogP contribution in [0.3, 0.4) is 0 Å². The Morgan fingerprint density at radius 1 is 1.62 bits per heavy atom. The quantitative estimate of drug-likeness (QED) is 0.670. The number of nitrogens with zero attached hydrogens (tertiary/aromatic N) is 1. The molecule has 1 aromatic rings. The number of nitro groups is 1. The Morgan fingerprint density at radius 2 is 2.31 bits per heavy atom. The van der Waals surface area contributed by atoms with Crippen LogP contribution in [0.4, 0.5) is 10.1 Å². The van der Waals surface area contributed by atoms with Crippen molar-refractivity contribution in [1.82, 2.24) is 5.32 Å². The highest BCUT2D eigenvalue weighted by Crippen LogP contribution is 2.17. The molecular weight excluding hydrogens is 279 g/mol. The van der Waals surface area contributed by atoms with Gasteiger partial charge >= 0.3 is 5.69 Å². The maximum atomic E-state index is 13.2. The van der Waals surface area contributed by atoms with Gasteiger partial charge in [0.15, 0.2) is 0 Å². The van der Waals surface area contributed by atoms with E-state index in [-0.39, 0.29) is 0 Å². The first-order valence-corrected chi connectivity index (χ1v) is 5.27. The van der Waals surface area contributed by atoms with Gasteiger partial charge in [-0.05, 0) is 11.6 Å². The van der Waals surface area contributed by atoms with E-state index >= 15 is 0 Å². The average Bonchev–Trinajstić information content (AvgIpc) is 2.16. The molecule has 0 aliphatic carbocycles. The summed E-state index contributed by atoms with van der Waals surface area (Å²) in [6.45, 7) is 4.62. The molecule has 0 radical (unpaired) electrons. The molecule has 6 heteroatoms. The highest BCUT2D eigenvalue weighted by atomic mass is 79.9. The minimum Gasteiger partial charge on any atom is -0.308 e. The van der Waals surface area contributed by atoms with E-state index in [1.54, 1.807) is 0 Å². The number of benzene rings is 1. The fourth-order valence-electron chi connectivity index (χ4n) is 1.15. The molecule has 1 rings (SSSR count). The fraction of sp³-hybridized carbons (Fsp3) is 0.200. The van der Waals surface area contributed by atoms with Gasteiger partial charge in [-0.15, -0.1) is 0 Å². The molecule has 0 aliphatic rings. The molecule has 4 nitrogen and oxygen atoms in total. The van der Waals surface area contributed by atoms with Crippen LogP contribution in [-0.2, 0) is 6.54 Å². The van der Waals surface area contributed by atoms with E-state index in [2.05, 4.69) is 27.8 Å². The lowest BCUT2D eigenvalue weighted by molar-refractivity contribution is -0.387. The molecule has 0 aliphatic heterocycles. The maximum Gasteiger partial charge on any atom is 0.304 e. The van der Waals surface area contributed by atoms with Crippen molar-refractivity contribution in [2.75, 3.05) is 6.54 Å². The first-order valence-electron chi connectivity index (χ1n) is 4.47. The Morgan fingerprint density at radius 3 is 2.81 bits per heavy atom. The van der Waals surface area contributed by atoms with Crippen molar-refractivity contribution in [3.63, 3.8) is 0 Å². The number of halogens is 2. The van der Waals surface area contributed by atoms with Crippen molar-refractivity contribution in [1.29, 1.82) is 0 Å². The molecule has 0 bridgehead atoms. The highest BCUT2D eigenvalue weighted by Gasteiger charge is 2.13. The van der Waals surface area contributed by atoms with E-state index in [9.17, 15) is 14.5 Å². The largest absolute Gasteiger partial charge is 0.308 e. The van der Waals surface area contributed by atoms with E-state index in [1.165, 1.54) is 6.07 Å². The topological polar surface area (TPSA) is 55.2 Å². The van der Waals surface area contributed by atoms with Gasteiger partial charge in [0.1, 0.15) is 0 Å². The summed E-state index contributed by atoms with van der Waals surface area (Å²) in [4.78, 5) is 9.63. The van der Waals surface area contributed by atoms with E-state index in [4.69, 9.17) is 0 Å². The van der Waals surface area contributed by atoms with Crippen molar-refractivity contribution in [3.8, 4) is 0 Å². The third kappa shape index (κ3) is 3.71. The van der Waals surface area contributed by atoms with Crippen molar-refractivity contribution >= 4 is 21.6 Å². The van der Waals surface area contributed by atoms with E-state index in [0.717, 1.165) is 16.6 Å². The molecular formula is C10H10BrFN2O2. The lowest BCUT2D eigenvalue weighted by atomic mass is 10.2. The van der Waals surface area contributed by atoms with Gasteiger partial charge in [0, 0.05) is 23.6 Å². The fourth-order valence-corrected chi connectivity index (χ4v) is 1.35. The Hall–Kier alpha value is -1.27. The number of nitrogens with one attached hydrogen (secondary N) is 1. The van der Waals surface area contributed by atoms with Crippen molar-refractivity contribution < 1.29 is 9.31 Å². The summed E-state index contributed by atoms with van der Waals surface area (Å²) in [5, 5.41) is 13.4. The van der Waals surface area contributed by atoms with Crippen LogP contribution >= 0.6 is 15.9 Å². The van der Waals surface area contributed by atoms with Crippen molar-refractivity contribution in [2.24, 2.45) is 0 Å². The van der Waals surface area contributed by atoms with Crippen LogP contribution in [0.2, 0.25) is 0 Å². The Bertz CT molecular complexity index is 423. The number of rotatable bonds is 5. The molecule has 0 saturated heterocycles. The van der Waals surface area contributed by atoms with Crippen molar-refractivity contribution in [2.45, 2.75) is 6.54 Å². The first-order chi connectivity index (χ1) is 7.50. The Labute approximate surface area is 100 Å². The predicted molar refractivity (Wildman–Crippen MR) is 62.8 cm³/mol. The van der Waals surface area contributed by atoms with Gasteiger partial charge in [-0.2, -0.15) is 4.39 Å². The molecule has 1 N–H and O–H groups in total. The predicted octanol–water partition coefficient (Wildman–Crippen LogP) is 2.73. The van der Waals surface area contributed by atoms with Gasteiger partial charge < -0.3 is 5.32 Å². The van der Waals surface area contributed by atoms with Gasteiger partial charge in [-0.3, -0.25) is 10.1 Å². The summed E-state index contributed by atoms with van der Waals surface area (Å²) < 4.78 is 14.0. The van der Waals surface area contributed by atoms with E-state index < -0.39 is 16.4 Å². The molecule has 0 unspecified atom stereocenters. The summed E-state index contributed by atoms with van der Waals surface area (Å²) in [6, 6.07) is 3.84. The molecule has 0 heterocycles. The summed E-state index contributed by atoms with van der Waals surface area (Å²) in [7, 11) is 0. The molecule has 0 fully saturated rings. The smallest absolute Gasteiger partial charge is 0.304 e. The average molecular weight is 289 g/mol. The zero-order chi connectivity index (χ0) is 12.1. The van der Waals surface area contributed by atoms with Gasteiger partial charge in [0.05, 0.1) is 4.92 Å². The van der Waals surface area contributed by atoms with Gasteiger partial charge in [-0.1, -0.05) is 28.6 Å². The summed E-state index contributed by atoms with van der Waals surface area (Å²) in [5.74, 6) is -0.818. The second kappa shape index (κ2) is 5.72. The molecule has 86 valence electrons. The monoisotopic (exact) mass is 288 g/mol. The van der Waals surface area contributed by atoms with Crippen molar-refractivity contribution in [3.05, 3.63) is 50.8 Å². The standard InChI is InChI=1S/C10H10BrFN2O2/c1-7(11)5-13-6-8-2-3-10(14(15)16)9(12)4-8/h2-4,13H,1,5-6H2. The molecule has 0 amide bonds. The molecule has 0 aromatic heterocycles. The zero-order valence-electron chi connectivity index (χ0n) is 8.37. The molecule has 1 aromatic carbocycles. The van der Waals surface area contributed by atoms with Gasteiger partial charge in [0.25, 0.3) is 0 Å². The third-order valence-corrected chi connectivity index (χ3v) is 2.14. The SMILES string of the molecule is C=C(Br)CNCc1ccc([N+](=O)[O-])c(F)c1. The second-order valence-corrected chi connectivity index (χ2v) is 4.29. The van der Waals surface area contributed by atoms with Gasteiger partial charge in [-0.25, -0.2) is 0 Å². The summed E-state index contributed by atoms with van der Waals surface area (Å²) in [6.07, 6.45) is 0. The van der Waals surface area contributed by atoms with Gasteiger partial charge in [0.2, 0.25) is 5.82 Å². The number of hydrogen-bond donors (Lipinski definition) is 1. The molecule has 0 saturated carbocycles. The lowest BCUT2D eigenvalue weighted by Gasteiger charge is -2.03. The molecule has 16 heavy (non-hydrogen) atoms. The normalized spacial score (nSPS) is 10.1. The minimum absolute atomic E-state index is 0.430. The molecule has 0 spiro atoms. The zero-order valence-corrected chi connectivity index (χ0v) is 9.96. The lowest BCUT2D eigenvalue weighted by Crippen LogP contribution is -2.14. The van der Waals surface area contributed by atoms with Crippen LogP contribution in [0.1, 0.15) is 5.56 Å². The second-order valence-electron chi connectivity index (χ2n) is 3.16. The van der Waals surface area contributed by atoms with Crippen LogP contribution in [0.25, 0.3) is 0 Å². The van der Waals surface area contributed by atoms with Crippen LogP contribution < -0.4 is 5.32 Å². The van der Waals surface area contributed by atoms with Crippen LogP contribution in [-0.4, -0.2) is 11.5 Å². The Kier molecular flexibility index (Phi) is 4.57. The third-order valence-electron chi connectivity index (χ3n) is 1.85. The highest BCUT2D eigenvalue weighted by molar-refractivity contribution is 9.11. The summed E-state index contributed by atoms with van der Waals surface area (Å²) in [5.41, 5.74) is 0.144. The van der Waals surface area contributed by atoms with E-state index in [0.29, 0.717) is 18.7 Å². The van der Waals surface area contributed by atoms with Crippen LogP contribution in [0.15, 0.2) is 29.3 Å². The van der Waals surface area contributed by atoms with Crippen LogP contribution in [0.5, 0.6) is 0 Å².